The molecule has 4 rings (SSSR count). The van der Waals surface area contributed by atoms with Gasteiger partial charge in [0.2, 0.25) is 0 Å². The first-order valence-corrected chi connectivity index (χ1v) is 7.71. The number of rotatable bonds is 3. The normalized spacial score (nSPS) is 15.3. The van der Waals surface area contributed by atoms with Crippen LogP contribution in [0.2, 0.25) is 0 Å². The summed E-state index contributed by atoms with van der Waals surface area (Å²) in [6, 6.07) is 19.6. The maximum atomic E-state index is 12.5. The number of fused-ring (bicyclic) bond motifs is 1. The zero-order valence-corrected chi connectivity index (χ0v) is 12.6. The van der Waals surface area contributed by atoms with Crippen LogP contribution in [-0.4, -0.2) is 10.9 Å². The molecule has 3 N–H and O–H groups in total. The molecule has 1 aromatic heterocycles. The van der Waals surface area contributed by atoms with Gasteiger partial charge >= 0.3 is 0 Å². The Morgan fingerprint density at radius 2 is 1.74 bits per heavy atom. The van der Waals surface area contributed by atoms with E-state index < -0.39 is 0 Å². The van der Waals surface area contributed by atoms with E-state index in [4.69, 9.17) is 5.73 Å². The van der Waals surface area contributed by atoms with Gasteiger partial charge in [-0.15, -0.1) is 0 Å². The molecule has 1 amide bonds. The van der Waals surface area contributed by atoms with Gasteiger partial charge in [-0.25, -0.2) is 4.98 Å². The Morgan fingerprint density at radius 1 is 1.00 bits per heavy atom. The van der Waals surface area contributed by atoms with E-state index in [2.05, 4.69) is 34.6 Å². The number of hydrogen-bond donors (Lipinski definition) is 2. The maximum Gasteiger partial charge on any atom is 0.270 e. The number of hydrogen-bond acceptors (Lipinski definition) is 3. The van der Waals surface area contributed by atoms with Crippen molar-refractivity contribution in [2.45, 2.75) is 18.4 Å². The number of carbonyl (C=O) groups is 1. The average molecular weight is 303 g/mol. The van der Waals surface area contributed by atoms with Gasteiger partial charge in [0, 0.05) is 0 Å². The van der Waals surface area contributed by atoms with Crippen LogP contribution in [0.1, 0.15) is 28.9 Å². The molecule has 1 fully saturated rings. The van der Waals surface area contributed by atoms with Crippen LogP contribution in [0.25, 0.3) is 10.8 Å². The first-order chi connectivity index (χ1) is 11.2. The number of anilines is 1. The van der Waals surface area contributed by atoms with Crippen molar-refractivity contribution in [1.82, 2.24) is 10.3 Å². The Bertz CT molecular complexity index is 895. The van der Waals surface area contributed by atoms with Gasteiger partial charge < -0.3 is 11.1 Å². The van der Waals surface area contributed by atoms with Crippen molar-refractivity contribution < 1.29 is 4.79 Å². The molecule has 0 spiro atoms. The summed E-state index contributed by atoms with van der Waals surface area (Å²) >= 11 is 0. The van der Waals surface area contributed by atoms with Gasteiger partial charge in [0.25, 0.3) is 5.91 Å². The molecule has 0 aliphatic heterocycles. The predicted octanol–water partition coefficient (Wildman–Crippen LogP) is 3.24. The summed E-state index contributed by atoms with van der Waals surface area (Å²) in [7, 11) is 0. The van der Waals surface area contributed by atoms with E-state index in [9.17, 15) is 4.79 Å². The minimum Gasteiger partial charge on any atom is -0.384 e. The number of aromatic nitrogens is 1. The molecule has 4 nitrogen and oxygen atoms in total. The fourth-order valence-electron chi connectivity index (χ4n) is 3.09. The molecule has 0 atom stereocenters. The van der Waals surface area contributed by atoms with Crippen LogP contribution in [0, 0.1) is 0 Å². The first-order valence-electron chi connectivity index (χ1n) is 7.71. The van der Waals surface area contributed by atoms with Crippen molar-refractivity contribution in [1.29, 1.82) is 0 Å². The second-order valence-electron chi connectivity index (χ2n) is 6.01. The van der Waals surface area contributed by atoms with Gasteiger partial charge in [0.15, 0.2) is 0 Å². The molecule has 1 aliphatic carbocycles. The SMILES string of the molecule is Nc1cccc(C(=O)NC2(c3cccc4ccccc34)CC2)n1. The van der Waals surface area contributed by atoms with E-state index >= 15 is 0 Å². The summed E-state index contributed by atoms with van der Waals surface area (Å²) in [5, 5.41) is 5.54. The molecule has 0 radical (unpaired) electrons. The number of nitrogens with two attached hydrogens (primary N) is 1. The lowest BCUT2D eigenvalue weighted by Crippen LogP contribution is -2.35. The van der Waals surface area contributed by atoms with Crippen LogP contribution in [-0.2, 0) is 5.54 Å². The quantitative estimate of drug-likeness (QED) is 0.780. The molecule has 0 bridgehead atoms. The second-order valence-corrected chi connectivity index (χ2v) is 6.01. The van der Waals surface area contributed by atoms with Crippen LogP contribution in [0.3, 0.4) is 0 Å². The zero-order chi connectivity index (χ0) is 15.9. The van der Waals surface area contributed by atoms with Gasteiger partial charge in [-0.2, -0.15) is 0 Å². The lowest BCUT2D eigenvalue weighted by Gasteiger charge is -2.20. The van der Waals surface area contributed by atoms with Gasteiger partial charge in [-0.05, 0) is 41.3 Å². The Kier molecular flexibility index (Phi) is 3.05. The minimum atomic E-state index is -0.287. The van der Waals surface area contributed by atoms with E-state index in [1.807, 2.05) is 18.2 Å². The molecule has 1 saturated carbocycles. The lowest BCUT2D eigenvalue weighted by atomic mass is 9.97. The average Bonchev–Trinajstić information content (AvgIpc) is 3.35. The minimum absolute atomic E-state index is 0.178. The Balaban J connectivity index is 1.69. The molecule has 23 heavy (non-hydrogen) atoms. The monoisotopic (exact) mass is 303 g/mol. The van der Waals surface area contributed by atoms with Crippen LogP contribution in [0.5, 0.6) is 0 Å². The van der Waals surface area contributed by atoms with E-state index in [0.717, 1.165) is 12.8 Å². The maximum absolute atomic E-state index is 12.5. The standard InChI is InChI=1S/C19H17N3O/c20-17-10-4-9-16(21-17)18(23)22-19(11-12-19)15-8-3-6-13-5-1-2-7-14(13)15/h1-10H,11-12H2,(H2,20,21)(H,22,23). The molecule has 3 aromatic rings. The smallest absolute Gasteiger partial charge is 0.270 e. The van der Waals surface area contributed by atoms with Crippen molar-refractivity contribution in [3.8, 4) is 0 Å². The zero-order valence-electron chi connectivity index (χ0n) is 12.6. The molecular formula is C19H17N3O. The van der Waals surface area contributed by atoms with Gasteiger partial charge in [-0.1, -0.05) is 48.5 Å². The number of nitrogens with zero attached hydrogens (tertiary/aromatic N) is 1. The number of amides is 1. The van der Waals surface area contributed by atoms with E-state index in [0.29, 0.717) is 11.5 Å². The summed E-state index contributed by atoms with van der Waals surface area (Å²) in [5.41, 5.74) is 6.91. The summed E-state index contributed by atoms with van der Waals surface area (Å²) in [4.78, 5) is 16.6. The number of pyridine rings is 1. The van der Waals surface area contributed by atoms with E-state index in [-0.39, 0.29) is 11.4 Å². The fraction of sp³-hybridized carbons (Fsp3) is 0.158. The highest BCUT2D eigenvalue weighted by Gasteiger charge is 2.46. The summed E-state index contributed by atoms with van der Waals surface area (Å²) in [6.07, 6.45) is 1.88. The molecule has 114 valence electrons. The highest BCUT2D eigenvalue weighted by atomic mass is 16.2. The van der Waals surface area contributed by atoms with Crippen LogP contribution >= 0.6 is 0 Å². The molecular weight excluding hydrogens is 286 g/mol. The molecule has 2 aromatic carbocycles. The largest absolute Gasteiger partial charge is 0.384 e. The number of nitrogens with one attached hydrogen (secondary N) is 1. The summed E-state index contributed by atoms with van der Waals surface area (Å²) in [6.45, 7) is 0. The highest BCUT2D eigenvalue weighted by Crippen LogP contribution is 2.48. The van der Waals surface area contributed by atoms with Crippen molar-refractivity contribution >= 4 is 22.5 Å². The number of nitrogen functional groups attached to an aromatic ring is 1. The first kappa shape index (κ1) is 13.8. The third-order valence-corrected chi connectivity index (χ3v) is 4.41. The molecule has 1 heterocycles. The van der Waals surface area contributed by atoms with Crippen LogP contribution in [0.15, 0.2) is 60.7 Å². The highest BCUT2D eigenvalue weighted by molar-refractivity contribution is 5.94. The fourth-order valence-corrected chi connectivity index (χ4v) is 3.09. The predicted molar refractivity (Wildman–Crippen MR) is 91.0 cm³/mol. The molecule has 0 saturated heterocycles. The Hall–Kier alpha value is -2.88. The Labute approximate surface area is 134 Å². The second kappa shape index (κ2) is 5.09. The van der Waals surface area contributed by atoms with Gasteiger partial charge in [0.1, 0.15) is 11.5 Å². The van der Waals surface area contributed by atoms with Crippen molar-refractivity contribution in [2.75, 3.05) is 5.73 Å². The summed E-state index contributed by atoms with van der Waals surface area (Å²) in [5.74, 6) is 0.176. The van der Waals surface area contributed by atoms with Crippen molar-refractivity contribution in [3.63, 3.8) is 0 Å². The molecule has 4 heteroatoms. The van der Waals surface area contributed by atoms with E-state index in [1.54, 1.807) is 18.2 Å². The van der Waals surface area contributed by atoms with Crippen LogP contribution in [0.4, 0.5) is 5.82 Å². The van der Waals surface area contributed by atoms with Crippen molar-refractivity contribution in [2.24, 2.45) is 0 Å². The Morgan fingerprint density at radius 3 is 2.52 bits per heavy atom. The lowest BCUT2D eigenvalue weighted by molar-refractivity contribution is 0.0926. The van der Waals surface area contributed by atoms with Gasteiger partial charge in [-0.3, -0.25) is 4.79 Å². The van der Waals surface area contributed by atoms with Crippen molar-refractivity contribution in [3.05, 3.63) is 71.9 Å². The van der Waals surface area contributed by atoms with E-state index in [1.165, 1.54) is 16.3 Å². The number of carbonyl (C=O) groups excluding carboxylic acids is 1. The van der Waals surface area contributed by atoms with Gasteiger partial charge in [0.05, 0.1) is 5.54 Å². The third kappa shape index (κ3) is 2.42. The molecule has 0 unspecified atom stereocenters. The van der Waals surface area contributed by atoms with Crippen LogP contribution < -0.4 is 11.1 Å². The molecule has 1 aliphatic rings. The topological polar surface area (TPSA) is 68.0 Å². The number of benzene rings is 2. The summed E-state index contributed by atoms with van der Waals surface area (Å²) < 4.78 is 0. The third-order valence-electron chi connectivity index (χ3n) is 4.41.